The summed E-state index contributed by atoms with van der Waals surface area (Å²) in [6.07, 6.45) is 0.290. The number of nitrogens with zero attached hydrogens (tertiary/aromatic N) is 1. The summed E-state index contributed by atoms with van der Waals surface area (Å²) in [4.78, 5) is 25.1. The number of carbonyl (C=O) groups is 2. The van der Waals surface area contributed by atoms with Crippen LogP contribution in [0, 0.1) is 0 Å². The molecule has 1 N–H and O–H groups in total. The molecule has 1 rings (SSSR count). The number of likely N-dealkylation sites (N-methyl/N-ethyl adjacent to an activating group) is 1. The minimum absolute atomic E-state index is 0.0471. The maximum absolute atomic E-state index is 11.7. The lowest BCUT2D eigenvalue weighted by atomic mass is 10.1. The van der Waals surface area contributed by atoms with Crippen LogP contribution in [0.3, 0.4) is 0 Å². The molecule has 19 heavy (non-hydrogen) atoms. The van der Waals surface area contributed by atoms with Gasteiger partial charge in [0.05, 0.1) is 13.0 Å². The van der Waals surface area contributed by atoms with Crippen molar-refractivity contribution >= 4 is 27.7 Å². The maximum Gasteiger partial charge on any atom is 0.241 e. The highest BCUT2D eigenvalue weighted by atomic mass is 79.9. The first kappa shape index (κ1) is 15.7. The second kappa shape index (κ2) is 7.94. The van der Waals surface area contributed by atoms with Crippen molar-refractivity contribution in [2.24, 2.45) is 0 Å². The molecule has 5 heteroatoms. The van der Waals surface area contributed by atoms with Crippen LogP contribution in [-0.4, -0.2) is 36.3 Å². The quantitative estimate of drug-likeness (QED) is 0.869. The van der Waals surface area contributed by atoms with Crippen LogP contribution in [0.5, 0.6) is 0 Å². The maximum atomic E-state index is 11.7. The molecule has 1 aromatic rings. The highest BCUT2D eigenvalue weighted by molar-refractivity contribution is 9.10. The molecular weight excluding hydrogens is 308 g/mol. The van der Waals surface area contributed by atoms with Gasteiger partial charge in [0.15, 0.2) is 0 Å². The van der Waals surface area contributed by atoms with Crippen molar-refractivity contribution in [2.45, 2.75) is 20.3 Å². The molecule has 0 heterocycles. The number of hydrogen-bond donors (Lipinski definition) is 1. The highest BCUT2D eigenvalue weighted by Crippen LogP contribution is 2.10. The molecule has 0 radical (unpaired) electrons. The normalized spacial score (nSPS) is 10.1. The van der Waals surface area contributed by atoms with E-state index in [9.17, 15) is 9.59 Å². The van der Waals surface area contributed by atoms with Crippen LogP contribution < -0.4 is 5.32 Å². The van der Waals surface area contributed by atoms with Crippen LogP contribution in [0.4, 0.5) is 0 Å². The van der Waals surface area contributed by atoms with Crippen LogP contribution in [-0.2, 0) is 16.0 Å². The van der Waals surface area contributed by atoms with Crippen LogP contribution in [0.1, 0.15) is 19.4 Å². The Bertz CT molecular complexity index is 428. The van der Waals surface area contributed by atoms with E-state index >= 15 is 0 Å². The fraction of sp³-hybridized carbons (Fsp3) is 0.429. The van der Waals surface area contributed by atoms with E-state index in [4.69, 9.17) is 0 Å². The first-order valence-electron chi connectivity index (χ1n) is 6.35. The number of nitrogens with one attached hydrogen (secondary N) is 1. The smallest absolute Gasteiger partial charge is 0.241 e. The summed E-state index contributed by atoms with van der Waals surface area (Å²) in [6.45, 7) is 5.24. The average molecular weight is 327 g/mol. The first-order chi connectivity index (χ1) is 9.06. The Kier molecular flexibility index (Phi) is 6.56. The van der Waals surface area contributed by atoms with Gasteiger partial charge in [0.1, 0.15) is 0 Å². The number of hydrogen-bond acceptors (Lipinski definition) is 2. The minimum Gasteiger partial charge on any atom is -0.347 e. The predicted octanol–water partition coefficient (Wildman–Crippen LogP) is 1.98. The fourth-order valence-electron chi connectivity index (χ4n) is 1.71. The lowest BCUT2D eigenvalue weighted by molar-refractivity contribution is -0.132. The number of carbonyl (C=O) groups excluding carboxylic acids is 2. The van der Waals surface area contributed by atoms with Gasteiger partial charge in [0.2, 0.25) is 11.8 Å². The van der Waals surface area contributed by atoms with Crippen molar-refractivity contribution in [2.75, 3.05) is 19.6 Å². The van der Waals surface area contributed by atoms with Gasteiger partial charge >= 0.3 is 0 Å². The second-order valence-corrected chi connectivity index (χ2v) is 5.06. The third kappa shape index (κ3) is 5.42. The van der Waals surface area contributed by atoms with Gasteiger partial charge in [-0.15, -0.1) is 0 Å². The van der Waals surface area contributed by atoms with Gasteiger partial charge in [-0.05, 0) is 31.5 Å². The van der Waals surface area contributed by atoms with Crippen molar-refractivity contribution in [1.29, 1.82) is 0 Å². The molecule has 0 saturated carbocycles. The zero-order chi connectivity index (χ0) is 14.3. The third-order valence-corrected chi connectivity index (χ3v) is 3.36. The number of rotatable bonds is 6. The van der Waals surface area contributed by atoms with Crippen molar-refractivity contribution < 1.29 is 9.59 Å². The van der Waals surface area contributed by atoms with Crippen molar-refractivity contribution in [1.82, 2.24) is 10.2 Å². The summed E-state index contributed by atoms with van der Waals surface area (Å²) >= 11 is 3.34. The van der Waals surface area contributed by atoms with Gasteiger partial charge < -0.3 is 10.2 Å². The van der Waals surface area contributed by atoms with E-state index in [1.807, 2.05) is 38.1 Å². The summed E-state index contributed by atoms with van der Waals surface area (Å²) in [5.41, 5.74) is 0.927. The third-order valence-electron chi connectivity index (χ3n) is 2.83. The van der Waals surface area contributed by atoms with Gasteiger partial charge in [0.25, 0.3) is 0 Å². The largest absolute Gasteiger partial charge is 0.347 e. The molecule has 104 valence electrons. The van der Waals surface area contributed by atoms with Crippen LogP contribution in [0.15, 0.2) is 28.7 Å². The lowest BCUT2D eigenvalue weighted by Crippen LogP contribution is -2.40. The Morgan fingerprint density at radius 1 is 1.16 bits per heavy atom. The zero-order valence-corrected chi connectivity index (χ0v) is 12.9. The fourth-order valence-corrected chi connectivity index (χ4v) is 1.98. The number of amides is 2. The molecule has 0 spiro atoms. The summed E-state index contributed by atoms with van der Waals surface area (Å²) in [6, 6.07) is 7.55. The predicted molar refractivity (Wildman–Crippen MR) is 78.8 cm³/mol. The SMILES string of the molecule is CCN(CC)C(=O)CNC(=O)Cc1ccc(Br)cc1. The van der Waals surface area contributed by atoms with Crippen molar-refractivity contribution in [3.8, 4) is 0 Å². The molecule has 0 fully saturated rings. The van der Waals surface area contributed by atoms with E-state index in [-0.39, 0.29) is 18.4 Å². The van der Waals surface area contributed by atoms with E-state index in [0.29, 0.717) is 19.5 Å². The topological polar surface area (TPSA) is 49.4 Å². The molecule has 0 saturated heterocycles. The van der Waals surface area contributed by atoms with Gasteiger partial charge in [-0.3, -0.25) is 9.59 Å². The molecule has 0 bridgehead atoms. The zero-order valence-electron chi connectivity index (χ0n) is 11.3. The van der Waals surface area contributed by atoms with E-state index < -0.39 is 0 Å². The Balaban J connectivity index is 2.39. The van der Waals surface area contributed by atoms with Crippen molar-refractivity contribution in [3.63, 3.8) is 0 Å². The molecule has 2 amide bonds. The molecule has 0 atom stereocenters. The summed E-state index contributed by atoms with van der Waals surface area (Å²) in [5.74, 6) is -0.183. The Morgan fingerprint density at radius 3 is 2.26 bits per heavy atom. The van der Waals surface area contributed by atoms with Gasteiger partial charge in [-0.25, -0.2) is 0 Å². The Morgan fingerprint density at radius 2 is 1.74 bits per heavy atom. The number of halogens is 1. The molecule has 0 aromatic heterocycles. The second-order valence-electron chi connectivity index (χ2n) is 4.15. The first-order valence-corrected chi connectivity index (χ1v) is 7.15. The Labute approximate surface area is 122 Å². The lowest BCUT2D eigenvalue weighted by Gasteiger charge is -2.18. The molecule has 0 aliphatic carbocycles. The summed E-state index contributed by atoms with van der Waals surface area (Å²) < 4.78 is 0.980. The van der Waals surface area contributed by atoms with E-state index in [1.54, 1.807) is 4.90 Å². The van der Waals surface area contributed by atoms with Gasteiger partial charge in [-0.1, -0.05) is 28.1 Å². The molecular formula is C14H19BrN2O2. The standard InChI is InChI=1S/C14H19BrN2O2/c1-3-17(4-2)14(19)10-16-13(18)9-11-5-7-12(15)8-6-11/h5-8H,3-4,9-10H2,1-2H3,(H,16,18). The molecule has 0 aliphatic heterocycles. The van der Waals surface area contributed by atoms with Gasteiger partial charge in [0, 0.05) is 17.6 Å². The molecule has 1 aromatic carbocycles. The minimum atomic E-state index is -0.136. The van der Waals surface area contributed by atoms with E-state index in [1.165, 1.54) is 0 Å². The monoisotopic (exact) mass is 326 g/mol. The highest BCUT2D eigenvalue weighted by Gasteiger charge is 2.11. The average Bonchev–Trinajstić information content (AvgIpc) is 2.40. The molecule has 0 unspecified atom stereocenters. The van der Waals surface area contributed by atoms with E-state index in [0.717, 1.165) is 10.0 Å². The summed E-state index contributed by atoms with van der Waals surface area (Å²) in [5, 5.41) is 2.65. The molecule has 4 nitrogen and oxygen atoms in total. The van der Waals surface area contributed by atoms with Crippen LogP contribution >= 0.6 is 15.9 Å². The van der Waals surface area contributed by atoms with Crippen LogP contribution in [0.2, 0.25) is 0 Å². The Hall–Kier alpha value is -1.36. The molecule has 0 aliphatic rings. The summed E-state index contributed by atoms with van der Waals surface area (Å²) in [7, 11) is 0. The number of benzene rings is 1. The van der Waals surface area contributed by atoms with E-state index in [2.05, 4.69) is 21.2 Å². The van der Waals surface area contributed by atoms with Crippen LogP contribution in [0.25, 0.3) is 0 Å². The van der Waals surface area contributed by atoms with Crippen molar-refractivity contribution in [3.05, 3.63) is 34.3 Å². The van der Waals surface area contributed by atoms with Gasteiger partial charge in [-0.2, -0.15) is 0 Å².